The molecule has 0 amide bonds. The molecule has 2 unspecified atom stereocenters. The summed E-state index contributed by atoms with van der Waals surface area (Å²) in [7, 11) is 0. The van der Waals surface area contributed by atoms with Gasteiger partial charge in [0.05, 0.1) is 0 Å². The van der Waals surface area contributed by atoms with Gasteiger partial charge in [-0.3, -0.25) is 0 Å². The molecule has 0 bridgehead atoms. The molecule has 0 radical (unpaired) electrons. The Morgan fingerprint density at radius 3 is 3.09 bits per heavy atom. The smallest absolute Gasteiger partial charge is 0.0136 e. The molecule has 1 aliphatic rings. The van der Waals surface area contributed by atoms with E-state index in [1.54, 1.807) is 0 Å². The first-order valence-electron chi connectivity index (χ1n) is 4.46. The summed E-state index contributed by atoms with van der Waals surface area (Å²) in [5.41, 5.74) is 5.60. The van der Waals surface area contributed by atoms with E-state index in [1.165, 1.54) is 19.5 Å². The van der Waals surface area contributed by atoms with Gasteiger partial charge in [-0.05, 0) is 38.9 Å². The number of hydrogen-bond acceptors (Lipinski definition) is 3. The maximum Gasteiger partial charge on any atom is 0.0136 e. The van der Waals surface area contributed by atoms with Crippen molar-refractivity contribution < 1.29 is 0 Å². The Balaban J connectivity index is 1.94. The van der Waals surface area contributed by atoms with Gasteiger partial charge in [0.25, 0.3) is 0 Å². The van der Waals surface area contributed by atoms with Crippen LogP contribution in [0, 0.1) is 5.92 Å². The highest BCUT2D eigenvalue weighted by Gasteiger charge is 2.13. The van der Waals surface area contributed by atoms with Crippen molar-refractivity contribution in [1.82, 2.24) is 10.6 Å². The zero-order chi connectivity index (χ0) is 8.10. The predicted molar refractivity (Wildman–Crippen MR) is 47.5 cm³/mol. The van der Waals surface area contributed by atoms with E-state index < -0.39 is 0 Å². The summed E-state index contributed by atoms with van der Waals surface area (Å²) in [5.74, 6) is 0.828. The molecule has 0 aromatic carbocycles. The van der Waals surface area contributed by atoms with Crippen molar-refractivity contribution >= 4 is 0 Å². The second-order valence-electron chi connectivity index (χ2n) is 3.49. The molecule has 1 rings (SSSR count). The van der Waals surface area contributed by atoms with Crippen LogP contribution in [-0.4, -0.2) is 32.2 Å². The first-order chi connectivity index (χ1) is 5.29. The van der Waals surface area contributed by atoms with Crippen molar-refractivity contribution in [3.8, 4) is 0 Å². The van der Waals surface area contributed by atoms with Gasteiger partial charge in [-0.1, -0.05) is 0 Å². The molecular formula is C8H19N3. The summed E-state index contributed by atoms with van der Waals surface area (Å²) in [5, 5.41) is 6.70. The molecule has 4 N–H and O–H groups in total. The van der Waals surface area contributed by atoms with Gasteiger partial charge in [0.1, 0.15) is 0 Å². The van der Waals surface area contributed by atoms with Gasteiger partial charge < -0.3 is 16.4 Å². The molecule has 0 aliphatic carbocycles. The highest BCUT2D eigenvalue weighted by atomic mass is 14.9. The van der Waals surface area contributed by atoms with Gasteiger partial charge in [-0.2, -0.15) is 0 Å². The molecule has 11 heavy (non-hydrogen) atoms. The van der Waals surface area contributed by atoms with Crippen LogP contribution in [-0.2, 0) is 0 Å². The van der Waals surface area contributed by atoms with Crippen LogP contribution in [0.2, 0.25) is 0 Å². The minimum absolute atomic E-state index is 0.282. The Bertz CT molecular complexity index is 97.5. The first kappa shape index (κ1) is 8.97. The Labute approximate surface area is 68.7 Å². The molecule has 1 aliphatic heterocycles. The number of nitrogens with two attached hydrogens (primary N) is 1. The van der Waals surface area contributed by atoms with Gasteiger partial charge in [0.2, 0.25) is 0 Å². The molecular weight excluding hydrogens is 138 g/mol. The maximum absolute atomic E-state index is 5.60. The summed E-state index contributed by atoms with van der Waals surface area (Å²) < 4.78 is 0. The molecule has 1 saturated heterocycles. The van der Waals surface area contributed by atoms with Crippen molar-refractivity contribution in [3.63, 3.8) is 0 Å². The zero-order valence-corrected chi connectivity index (χ0v) is 7.27. The molecule has 0 aromatic rings. The lowest BCUT2D eigenvalue weighted by atomic mass is 10.1. The summed E-state index contributed by atoms with van der Waals surface area (Å²) in [6.45, 7) is 6.45. The van der Waals surface area contributed by atoms with E-state index in [-0.39, 0.29) is 6.04 Å². The average molecular weight is 157 g/mol. The molecule has 1 fully saturated rings. The minimum Gasteiger partial charge on any atom is -0.327 e. The van der Waals surface area contributed by atoms with Crippen LogP contribution in [0.4, 0.5) is 0 Å². The monoisotopic (exact) mass is 157 g/mol. The summed E-state index contributed by atoms with van der Waals surface area (Å²) in [4.78, 5) is 0. The van der Waals surface area contributed by atoms with Crippen molar-refractivity contribution in [3.05, 3.63) is 0 Å². The van der Waals surface area contributed by atoms with Crippen molar-refractivity contribution in [2.75, 3.05) is 26.2 Å². The second-order valence-corrected chi connectivity index (χ2v) is 3.49. The Kier molecular flexibility index (Phi) is 3.83. The standard InChI is InChI=1S/C8H19N3/c1-7(9)4-11-6-8-2-3-10-5-8/h7-8,10-11H,2-6,9H2,1H3. The lowest BCUT2D eigenvalue weighted by molar-refractivity contribution is 0.496. The first-order valence-corrected chi connectivity index (χ1v) is 4.46. The zero-order valence-electron chi connectivity index (χ0n) is 7.27. The van der Waals surface area contributed by atoms with E-state index in [2.05, 4.69) is 10.6 Å². The Morgan fingerprint density at radius 2 is 2.55 bits per heavy atom. The maximum atomic E-state index is 5.60. The van der Waals surface area contributed by atoms with E-state index in [1.807, 2.05) is 6.92 Å². The Hall–Kier alpha value is -0.120. The van der Waals surface area contributed by atoms with Crippen LogP contribution in [0.25, 0.3) is 0 Å². The van der Waals surface area contributed by atoms with E-state index in [0.29, 0.717) is 0 Å². The van der Waals surface area contributed by atoms with Crippen molar-refractivity contribution in [2.24, 2.45) is 11.7 Å². The third-order valence-electron chi connectivity index (χ3n) is 2.06. The molecule has 3 nitrogen and oxygen atoms in total. The third kappa shape index (κ3) is 3.70. The quantitative estimate of drug-likeness (QED) is 0.517. The molecule has 66 valence electrons. The van der Waals surface area contributed by atoms with Gasteiger partial charge in [0.15, 0.2) is 0 Å². The fraction of sp³-hybridized carbons (Fsp3) is 1.00. The number of nitrogens with one attached hydrogen (secondary N) is 2. The number of hydrogen-bond donors (Lipinski definition) is 3. The van der Waals surface area contributed by atoms with E-state index >= 15 is 0 Å². The van der Waals surface area contributed by atoms with E-state index in [4.69, 9.17) is 5.73 Å². The van der Waals surface area contributed by atoms with Crippen LogP contribution in [0.1, 0.15) is 13.3 Å². The highest BCUT2D eigenvalue weighted by molar-refractivity contribution is 4.73. The van der Waals surface area contributed by atoms with Crippen molar-refractivity contribution in [2.45, 2.75) is 19.4 Å². The molecule has 0 spiro atoms. The van der Waals surface area contributed by atoms with Crippen LogP contribution < -0.4 is 16.4 Å². The number of rotatable bonds is 4. The lowest BCUT2D eigenvalue weighted by Gasteiger charge is -2.11. The largest absolute Gasteiger partial charge is 0.327 e. The summed E-state index contributed by atoms with van der Waals surface area (Å²) in [6.07, 6.45) is 1.31. The minimum atomic E-state index is 0.282. The molecule has 3 heteroatoms. The van der Waals surface area contributed by atoms with E-state index in [0.717, 1.165) is 19.0 Å². The van der Waals surface area contributed by atoms with Crippen LogP contribution in [0.5, 0.6) is 0 Å². The fourth-order valence-corrected chi connectivity index (χ4v) is 1.40. The van der Waals surface area contributed by atoms with Crippen LogP contribution in [0.3, 0.4) is 0 Å². The Morgan fingerprint density at radius 1 is 1.73 bits per heavy atom. The van der Waals surface area contributed by atoms with Crippen molar-refractivity contribution in [1.29, 1.82) is 0 Å². The van der Waals surface area contributed by atoms with Crippen LogP contribution in [0.15, 0.2) is 0 Å². The average Bonchev–Trinajstić information content (AvgIpc) is 2.39. The highest BCUT2D eigenvalue weighted by Crippen LogP contribution is 2.04. The SMILES string of the molecule is CC(N)CNCC1CCNC1. The second kappa shape index (κ2) is 4.70. The molecule has 2 atom stereocenters. The van der Waals surface area contributed by atoms with E-state index in [9.17, 15) is 0 Å². The van der Waals surface area contributed by atoms with Gasteiger partial charge >= 0.3 is 0 Å². The normalized spacial score (nSPS) is 27.3. The summed E-state index contributed by atoms with van der Waals surface area (Å²) in [6, 6.07) is 0.282. The third-order valence-corrected chi connectivity index (χ3v) is 2.06. The fourth-order valence-electron chi connectivity index (χ4n) is 1.40. The van der Waals surface area contributed by atoms with Gasteiger partial charge in [-0.25, -0.2) is 0 Å². The topological polar surface area (TPSA) is 50.1 Å². The van der Waals surface area contributed by atoms with Gasteiger partial charge in [0, 0.05) is 12.6 Å². The van der Waals surface area contributed by atoms with Gasteiger partial charge in [-0.15, -0.1) is 0 Å². The van der Waals surface area contributed by atoms with Crippen LogP contribution >= 0.6 is 0 Å². The molecule has 1 heterocycles. The molecule has 0 saturated carbocycles. The predicted octanol–water partition coefficient (Wildman–Crippen LogP) is -0.467. The molecule has 0 aromatic heterocycles. The summed E-state index contributed by atoms with van der Waals surface area (Å²) >= 11 is 0. The lowest BCUT2D eigenvalue weighted by Crippen LogP contribution is -2.34.